The first-order valence-corrected chi connectivity index (χ1v) is 7.79. The van der Waals surface area contributed by atoms with Crippen molar-refractivity contribution in [3.8, 4) is 0 Å². The molecule has 0 spiro atoms. The van der Waals surface area contributed by atoms with E-state index in [1.165, 1.54) is 54.1 Å². The number of aromatic nitrogens is 1. The molecule has 17 heavy (non-hydrogen) atoms. The molecule has 0 unspecified atom stereocenters. The summed E-state index contributed by atoms with van der Waals surface area (Å²) in [7, 11) is 0. The van der Waals surface area contributed by atoms with Gasteiger partial charge in [0.15, 0.2) is 0 Å². The Morgan fingerprint density at radius 2 is 2.06 bits per heavy atom. The van der Waals surface area contributed by atoms with Crippen LogP contribution in [0.1, 0.15) is 61.0 Å². The highest BCUT2D eigenvalue weighted by Crippen LogP contribution is 2.43. The molecule has 94 valence electrons. The third kappa shape index (κ3) is 2.15. The first-order chi connectivity index (χ1) is 8.23. The number of aryl methyl sites for hydroxylation is 2. The van der Waals surface area contributed by atoms with Gasteiger partial charge in [0.1, 0.15) is 5.01 Å². The van der Waals surface area contributed by atoms with Crippen LogP contribution in [0, 0.1) is 6.92 Å². The number of hydrogen-bond acceptors (Lipinski definition) is 3. The zero-order chi connectivity index (χ0) is 11.9. The molecule has 1 aromatic rings. The van der Waals surface area contributed by atoms with E-state index >= 15 is 0 Å². The Labute approximate surface area is 108 Å². The van der Waals surface area contributed by atoms with Crippen LogP contribution in [0.2, 0.25) is 0 Å². The minimum atomic E-state index is 0.240. The molecule has 0 bridgehead atoms. The van der Waals surface area contributed by atoms with E-state index in [4.69, 9.17) is 4.98 Å². The van der Waals surface area contributed by atoms with Gasteiger partial charge in [-0.25, -0.2) is 4.98 Å². The molecule has 0 saturated heterocycles. The summed E-state index contributed by atoms with van der Waals surface area (Å²) in [5, 5.41) is 5.27. The fourth-order valence-corrected chi connectivity index (χ4v) is 4.19. The van der Waals surface area contributed by atoms with Gasteiger partial charge in [0.25, 0.3) is 0 Å². The topological polar surface area (TPSA) is 24.9 Å². The lowest BCUT2D eigenvalue weighted by molar-refractivity contribution is 0.336. The molecule has 0 aromatic carbocycles. The highest BCUT2D eigenvalue weighted by molar-refractivity contribution is 7.11. The Hall–Kier alpha value is -0.410. The van der Waals surface area contributed by atoms with Gasteiger partial charge < -0.3 is 5.32 Å². The van der Waals surface area contributed by atoms with Gasteiger partial charge in [0, 0.05) is 10.9 Å². The first-order valence-electron chi connectivity index (χ1n) is 6.98. The summed E-state index contributed by atoms with van der Waals surface area (Å²) in [4.78, 5) is 6.34. The number of rotatable bonds is 4. The maximum Gasteiger partial charge on any atom is 0.113 e. The van der Waals surface area contributed by atoms with E-state index in [0.29, 0.717) is 0 Å². The van der Waals surface area contributed by atoms with Crippen molar-refractivity contribution in [3.05, 3.63) is 15.6 Å². The maximum atomic E-state index is 4.92. The summed E-state index contributed by atoms with van der Waals surface area (Å²) in [5.41, 5.74) is 1.55. The second kappa shape index (κ2) is 4.36. The Kier molecular flexibility index (Phi) is 2.99. The van der Waals surface area contributed by atoms with Gasteiger partial charge in [-0.2, -0.15) is 0 Å². The molecule has 2 aliphatic rings. The molecule has 1 N–H and O–H groups in total. The van der Waals surface area contributed by atoms with Gasteiger partial charge in [-0.1, -0.05) is 19.8 Å². The lowest BCUT2D eigenvalue weighted by Gasteiger charge is -2.28. The van der Waals surface area contributed by atoms with Gasteiger partial charge in [0.05, 0.1) is 11.2 Å². The quantitative estimate of drug-likeness (QED) is 0.884. The van der Waals surface area contributed by atoms with Crippen LogP contribution < -0.4 is 5.32 Å². The maximum absolute atomic E-state index is 4.92. The monoisotopic (exact) mass is 250 g/mol. The molecular formula is C14H22N2S. The van der Waals surface area contributed by atoms with Gasteiger partial charge in [-0.05, 0) is 39.0 Å². The highest BCUT2D eigenvalue weighted by atomic mass is 32.1. The third-order valence-electron chi connectivity index (χ3n) is 4.15. The second-order valence-electron chi connectivity index (χ2n) is 5.58. The Bertz CT molecular complexity index is 400. The van der Waals surface area contributed by atoms with Crippen LogP contribution in [-0.4, -0.2) is 11.0 Å². The molecule has 2 fully saturated rings. The zero-order valence-corrected chi connectivity index (χ0v) is 11.7. The van der Waals surface area contributed by atoms with E-state index in [0.717, 1.165) is 12.5 Å². The van der Waals surface area contributed by atoms with Crippen LogP contribution in [0.4, 0.5) is 0 Å². The van der Waals surface area contributed by atoms with Crippen LogP contribution in [0.15, 0.2) is 0 Å². The average Bonchev–Trinajstić information content (AvgIpc) is 2.86. The molecule has 1 heterocycles. The van der Waals surface area contributed by atoms with Crippen LogP contribution in [-0.2, 0) is 12.0 Å². The van der Waals surface area contributed by atoms with Gasteiger partial charge in [-0.3, -0.25) is 0 Å². The van der Waals surface area contributed by atoms with Crippen molar-refractivity contribution < 1.29 is 0 Å². The van der Waals surface area contributed by atoms with Crippen molar-refractivity contribution in [3.63, 3.8) is 0 Å². The standard InChI is InChI=1S/C14H22N2S/c1-3-12-10(2)17-13(15-12)14(8-4-5-9-14)16-11-6-7-11/h11,16H,3-9H2,1-2H3. The smallest absolute Gasteiger partial charge is 0.113 e. The fraction of sp³-hybridized carbons (Fsp3) is 0.786. The van der Waals surface area contributed by atoms with E-state index in [-0.39, 0.29) is 5.54 Å². The minimum absolute atomic E-state index is 0.240. The molecular weight excluding hydrogens is 228 g/mol. The minimum Gasteiger partial charge on any atom is -0.303 e. The van der Waals surface area contributed by atoms with Crippen LogP contribution in [0.3, 0.4) is 0 Å². The Morgan fingerprint density at radius 1 is 1.35 bits per heavy atom. The molecule has 0 atom stereocenters. The lowest BCUT2D eigenvalue weighted by Crippen LogP contribution is -2.41. The molecule has 0 radical (unpaired) electrons. The van der Waals surface area contributed by atoms with Crippen molar-refractivity contribution in [2.24, 2.45) is 0 Å². The number of nitrogens with one attached hydrogen (secondary N) is 1. The summed E-state index contributed by atoms with van der Waals surface area (Å²) in [6, 6.07) is 0.780. The van der Waals surface area contributed by atoms with E-state index in [2.05, 4.69) is 19.2 Å². The van der Waals surface area contributed by atoms with E-state index in [1.54, 1.807) is 0 Å². The van der Waals surface area contributed by atoms with E-state index in [9.17, 15) is 0 Å². The first kappa shape index (κ1) is 11.7. The fourth-order valence-electron chi connectivity index (χ4n) is 2.98. The predicted octanol–water partition coefficient (Wildman–Crippen LogP) is 3.54. The van der Waals surface area contributed by atoms with Crippen molar-refractivity contribution in [2.75, 3.05) is 0 Å². The number of nitrogens with zero attached hydrogens (tertiary/aromatic N) is 1. The number of hydrogen-bond donors (Lipinski definition) is 1. The van der Waals surface area contributed by atoms with Gasteiger partial charge >= 0.3 is 0 Å². The SMILES string of the molecule is CCc1nc(C2(NC3CC3)CCCC2)sc1C. The Morgan fingerprint density at radius 3 is 2.59 bits per heavy atom. The predicted molar refractivity (Wildman–Crippen MR) is 72.5 cm³/mol. The van der Waals surface area contributed by atoms with E-state index in [1.807, 2.05) is 11.3 Å². The Balaban J connectivity index is 1.90. The largest absolute Gasteiger partial charge is 0.303 e. The molecule has 1 aromatic heterocycles. The second-order valence-corrected chi connectivity index (χ2v) is 6.79. The summed E-state index contributed by atoms with van der Waals surface area (Å²) in [6.45, 7) is 4.43. The van der Waals surface area contributed by atoms with Gasteiger partial charge in [-0.15, -0.1) is 11.3 Å². The molecule has 0 amide bonds. The summed E-state index contributed by atoms with van der Waals surface area (Å²) < 4.78 is 0. The van der Waals surface area contributed by atoms with E-state index < -0.39 is 0 Å². The molecule has 2 aliphatic carbocycles. The highest BCUT2D eigenvalue weighted by Gasteiger charge is 2.42. The van der Waals surface area contributed by atoms with Crippen molar-refractivity contribution in [2.45, 2.75) is 70.4 Å². The van der Waals surface area contributed by atoms with Gasteiger partial charge in [0.2, 0.25) is 0 Å². The summed E-state index contributed by atoms with van der Waals surface area (Å²) >= 11 is 1.93. The normalized spacial score (nSPS) is 23.2. The lowest BCUT2D eigenvalue weighted by atomic mass is 9.98. The molecule has 2 saturated carbocycles. The summed E-state index contributed by atoms with van der Waals surface area (Å²) in [6.07, 6.45) is 9.11. The molecule has 3 heteroatoms. The molecule has 2 nitrogen and oxygen atoms in total. The zero-order valence-electron chi connectivity index (χ0n) is 10.9. The summed E-state index contributed by atoms with van der Waals surface area (Å²) in [5.74, 6) is 0. The van der Waals surface area contributed by atoms with Crippen LogP contribution >= 0.6 is 11.3 Å². The van der Waals surface area contributed by atoms with Crippen molar-refractivity contribution in [1.29, 1.82) is 0 Å². The number of thiazole rings is 1. The van der Waals surface area contributed by atoms with Crippen LogP contribution in [0.5, 0.6) is 0 Å². The molecule has 0 aliphatic heterocycles. The molecule has 3 rings (SSSR count). The average molecular weight is 250 g/mol. The van der Waals surface area contributed by atoms with Crippen LogP contribution in [0.25, 0.3) is 0 Å². The third-order valence-corrected chi connectivity index (χ3v) is 5.37. The van der Waals surface area contributed by atoms with Crippen molar-refractivity contribution in [1.82, 2.24) is 10.3 Å². The van der Waals surface area contributed by atoms with Crippen molar-refractivity contribution >= 4 is 11.3 Å².